The molecule has 11 heterocycles. The molecule has 7 atom stereocenters. The lowest BCUT2D eigenvalue weighted by Crippen LogP contribution is -2.23. The van der Waals surface area contributed by atoms with E-state index in [0.29, 0.717) is 85.3 Å². The zero-order chi connectivity index (χ0) is 92.1. The Labute approximate surface area is 758 Å². The first kappa shape index (κ1) is 94.8. The van der Waals surface area contributed by atoms with E-state index in [9.17, 15) is 33.6 Å². The van der Waals surface area contributed by atoms with Gasteiger partial charge < -0.3 is 104 Å². The lowest BCUT2D eigenvalue weighted by molar-refractivity contribution is -0.146. The Kier molecular flexibility index (Phi) is 35.6. The van der Waals surface area contributed by atoms with E-state index in [4.69, 9.17) is 104 Å². The Morgan fingerprint density at radius 2 is 0.466 bits per heavy atom. The van der Waals surface area contributed by atoms with E-state index in [1.54, 1.807) is 49.8 Å². The summed E-state index contributed by atoms with van der Waals surface area (Å²) in [7, 11) is 10.9. The van der Waals surface area contributed by atoms with Crippen LogP contribution in [0.3, 0.4) is 0 Å². The van der Waals surface area contributed by atoms with Gasteiger partial charge in [-0.1, -0.05) is 146 Å². The van der Waals surface area contributed by atoms with Crippen LogP contribution in [0.4, 0.5) is 0 Å². The second-order valence-corrected chi connectivity index (χ2v) is 29.8. The SMILES string of the molecule is COC1=CC(=O)OC(/C=C/c2ccc3c(c2)OCO3)C1.COC1=CC(=O)OC(/C=C/c2ccccc2)C1.COC1=CC(=O)OC(CCc2ccc3c(c2)OCO3)C1.COC1=CC(=O)O[C@@H](/C=C/c2ccc3c(c2)OCO3)C1.COC1=CC(=O)O[C@@H](/C=C/c2ccccc2)C1.COC1=CC(=O)O[C@@H](CCc2ccc3c(c2)OCO3)C1.COC1=CC(=O)O[C@H](/C=C/c2ccccc2)C1. The monoisotopic (exact) mass is 1790 g/mol. The first-order valence-electron chi connectivity index (χ1n) is 42.1. The molecule has 7 aromatic rings. The number of benzene rings is 7. The van der Waals surface area contributed by atoms with Crippen molar-refractivity contribution in [1.29, 1.82) is 0 Å². The first-order valence-corrected chi connectivity index (χ1v) is 42.1. The van der Waals surface area contributed by atoms with Gasteiger partial charge in [-0.2, -0.15) is 0 Å². The molecule has 0 spiro atoms. The first-order chi connectivity index (χ1) is 63.8. The lowest BCUT2D eigenvalue weighted by atomic mass is 10.0. The number of cyclic esters (lactones) is 7. The molecule has 0 fully saturated rings. The molecule has 0 aromatic heterocycles. The van der Waals surface area contributed by atoms with Crippen LogP contribution < -0.4 is 37.9 Å². The number of aryl methyl sites for hydroxylation is 2. The van der Waals surface area contributed by atoms with Crippen molar-refractivity contribution in [3.63, 3.8) is 0 Å². The number of hydrogen-bond acceptors (Lipinski definition) is 29. The predicted octanol–water partition coefficient (Wildman–Crippen LogP) is 16.6. The van der Waals surface area contributed by atoms with Gasteiger partial charge in [0.05, 0.1) is 92.3 Å². The van der Waals surface area contributed by atoms with Crippen LogP contribution in [-0.4, -0.2) is 161 Å². The number of hydrogen-bond donors (Lipinski definition) is 0. The van der Waals surface area contributed by atoms with Gasteiger partial charge in [-0.05, 0) is 144 Å². The maximum absolute atomic E-state index is 11.4. The molecule has 0 saturated heterocycles. The molecule has 11 aliphatic rings. The molecule has 0 bridgehead atoms. The molecule has 0 radical (unpaired) electrons. The van der Waals surface area contributed by atoms with Crippen molar-refractivity contribution in [3.05, 3.63) is 316 Å². The molecule has 0 aliphatic carbocycles. The minimum absolute atomic E-state index is 0.132. The third-order valence-corrected chi connectivity index (χ3v) is 20.7. The summed E-state index contributed by atoms with van der Waals surface area (Å²) in [6.07, 6.45) is 34.2. The van der Waals surface area contributed by atoms with Crippen LogP contribution in [0.25, 0.3) is 30.4 Å². The number of rotatable bonds is 23. The van der Waals surface area contributed by atoms with Crippen molar-refractivity contribution in [1.82, 2.24) is 0 Å². The fourth-order valence-corrected chi connectivity index (χ4v) is 13.9. The molecule has 0 saturated carbocycles. The molecular formula is C102H102O29. The fraction of sp³-hybridized carbons (Fsp3) is 0.284. The summed E-state index contributed by atoms with van der Waals surface area (Å²) in [5.41, 5.74) is 7.43. The number of fused-ring (bicyclic) bond motifs is 4. The lowest BCUT2D eigenvalue weighted by Gasteiger charge is -2.22. The zero-order valence-corrected chi connectivity index (χ0v) is 73.4. The molecule has 0 amide bonds. The van der Waals surface area contributed by atoms with Crippen LogP contribution in [0.15, 0.2) is 277 Å². The minimum atomic E-state index is -0.381. The van der Waals surface area contributed by atoms with E-state index in [1.807, 2.05) is 225 Å². The van der Waals surface area contributed by atoms with Gasteiger partial charge in [-0.15, -0.1) is 0 Å². The van der Waals surface area contributed by atoms with Gasteiger partial charge >= 0.3 is 41.8 Å². The van der Waals surface area contributed by atoms with Gasteiger partial charge in [-0.25, -0.2) is 33.6 Å². The van der Waals surface area contributed by atoms with Gasteiger partial charge in [0, 0.05) is 44.9 Å². The Bertz CT molecular complexity index is 5080. The third-order valence-electron chi connectivity index (χ3n) is 20.7. The maximum atomic E-state index is 11.4. The standard InChI is InChI=1S/2C15H16O5.2C15H14O5.3C14H14O3/c4*1-17-12-7-11(20-15(16)8-12)4-2-10-3-5-13-14(6-10)19-9-18-13;3*1-16-13-9-12(17-14(15)10-13)8-7-11-5-3-2-4-6-11/h2*3,5-6,8,11H,2,4,7,9H2,1H3;2*2-6,8,11H,7,9H2,1H3;3*2-8,10,12H,9H2,1H3/b;;2*4-2+;3*8-7+/t11-;;11-;;2*12-;/m0.0.10./s1. The Morgan fingerprint density at radius 3 is 0.725 bits per heavy atom. The van der Waals surface area contributed by atoms with Crippen LogP contribution >= 0.6 is 0 Å². The Hall–Kier alpha value is -15.3. The number of carbonyl (C=O) groups is 7. The van der Waals surface area contributed by atoms with Crippen molar-refractivity contribution < 1.29 is 138 Å². The van der Waals surface area contributed by atoms with Crippen molar-refractivity contribution >= 4 is 72.2 Å². The van der Waals surface area contributed by atoms with Crippen LogP contribution in [0.2, 0.25) is 0 Å². The summed E-state index contributed by atoms with van der Waals surface area (Å²) < 4.78 is 114. The highest BCUT2D eigenvalue weighted by molar-refractivity contribution is 5.87. The van der Waals surface area contributed by atoms with Gasteiger partial charge in [0.15, 0.2) is 46.0 Å². The molecule has 0 N–H and O–H groups in total. The Morgan fingerprint density at radius 1 is 0.244 bits per heavy atom. The summed E-state index contributed by atoms with van der Waals surface area (Å²) in [4.78, 5) is 79.2. The molecular weight excluding hydrogens is 1690 g/mol. The molecule has 29 nitrogen and oxygen atoms in total. The number of methoxy groups -OCH3 is 7. The topological polar surface area (TPSA) is 323 Å². The zero-order valence-electron chi connectivity index (χ0n) is 73.4. The second-order valence-electron chi connectivity index (χ2n) is 29.8. The average Bonchev–Trinajstić information content (AvgIpc) is 1.74. The smallest absolute Gasteiger partial charge is 0.334 e. The van der Waals surface area contributed by atoms with Gasteiger partial charge in [0.2, 0.25) is 27.2 Å². The van der Waals surface area contributed by atoms with E-state index in [1.165, 1.54) is 42.5 Å². The van der Waals surface area contributed by atoms with Gasteiger partial charge in [0.25, 0.3) is 0 Å². The molecule has 3 unspecified atom stereocenters. The average molecular weight is 1790 g/mol. The molecule has 11 aliphatic heterocycles. The molecule has 131 heavy (non-hydrogen) atoms. The van der Waals surface area contributed by atoms with Crippen molar-refractivity contribution in [2.45, 2.75) is 113 Å². The van der Waals surface area contributed by atoms with E-state index >= 15 is 0 Å². The van der Waals surface area contributed by atoms with Crippen molar-refractivity contribution in [2.75, 3.05) is 76.9 Å². The van der Waals surface area contributed by atoms with E-state index < -0.39 is 0 Å². The fourth-order valence-electron chi connectivity index (χ4n) is 13.9. The van der Waals surface area contributed by atoms with Crippen molar-refractivity contribution in [2.24, 2.45) is 0 Å². The highest BCUT2D eigenvalue weighted by atomic mass is 16.7. The predicted molar refractivity (Wildman–Crippen MR) is 479 cm³/mol. The maximum Gasteiger partial charge on any atom is 0.334 e. The number of ether oxygens (including phenoxy) is 22. The molecule has 7 aromatic carbocycles. The van der Waals surface area contributed by atoms with Crippen LogP contribution in [0.5, 0.6) is 46.0 Å². The quantitative estimate of drug-likeness (QED) is 0.0424. The highest BCUT2D eigenvalue weighted by Gasteiger charge is 2.29. The van der Waals surface area contributed by atoms with Crippen LogP contribution in [0.1, 0.15) is 96.7 Å². The largest absolute Gasteiger partial charge is 0.501 e. The second kappa shape index (κ2) is 49.2. The summed E-state index contributed by atoms with van der Waals surface area (Å²) >= 11 is 0. The van der Waals surface area contributed by atoms with Gasteiger partial charge in [0.1, 0.15) is 83.0 Å². The Balaban J connectivity index is 0.000000138. The van der Waals surface area contributed by atoms with E-state index in [2.05, 4.69) is 0 Å². The van der Waals surface area contributed by atoms with Crippen LogP contribution in [-0.2, 0) is 113 Å². The third kappa shape index (κ3) is 30.7. The summed E-state index contributed by atoms with van der Waals surface area (Å²) in [6.45, 7) is 1.07. The summed E-state index contributed by atoms with van der Waals surface area (Å²) in [5, 5.41) is 0. The van der Waals surface area contributed by atoms with Crippen LogP contribution in [0, 0.1) is 0 Å². The normalized spacial score (nSPS) is 20.3. The molecule has 684 valence electrons. The van der Waals surface area contributed by atoms with Gasteiger partial charge in [-0.3, -0.25) is 0 Å². The number of carbonyl (C=O) groups excluding carboxylic acids is 7. The molecule has 29 heteroatoms. The number of esters is 7. The van der Waals surface area contributed by atoms with Crippen molar-refractivity contribution in [3.8, 4) is 46.0 Å². The minimum Gasteiger partial charge on any atom is -0.501 e. The molecule has 18 rings (SSSR count). The highest BCUT2D eigenvalue weighted by Crippen LogP contribution is 2.38. The van der Waals surface area contributed by atoms with E-state index in [0.717, 1.165) is 111 Å². The summed E-state index contributed by atoms with van der Waals surface area (Å²) in [6, 6.07) is 52.7. The summed E-state index contributed by atoms with van der Waals surface area (Å²) in [5.74, 6) is 8.17. The van der Waals surface area contributed by atoms with E-state index in [-0.39, 0.29) is 112 Å².